The van der Waals surface area contributed by atoms with E-state index in [0.29, 0.717) is 0 Å². The molecule has 0 aliphatic carbocycles. The number of nitrogens with one attached hydrogen (secondary N) is 1. The Kier molecular flexibility index (Phi) is 4.19. The number of aliphatic carboxylic acids is 1. The molecule has 4 atom stereocenters. The maximum Gasteiger partial charge on any atom is 0.371 e. The molecule has 0 spiro atoms. The van der Waals surface area contributed by atoms with Gasteiger partial charge in [-0.3, -0.25) is 19.3 Å². The van der Waals surface area contributed by atoms with E-state index in [1.165, 1.54) is 12.5 Å². The molecular weight excluding hydrogens is 414 g/mol. The minimum absolute atomic E-state index is 0.133. The molecular formula is C14H13N5O7S2. The molecule has 1 aromatic heterocycles. The van der Waals surface area contributed by atoms with Crippen LogP contribution in [0.3, 0.4) is 0 Å². The summed E-state index contributed by atoms with van der Waals surface area (Å²) < 4.78 is 5.02. The molecule has 28 heavy (non-hydrogen) atoms. The monoisotopic (exact) mass is 427 g/mol. The van der Waals surface area contributed by atoms with Gasteiger partial charge in [0.2, 0.25) is 0 Å². The largest absolute Gasteiger partial charge is 0.477 e. The van der Waals surface area contributed by atoms with Crippen LogP contribution in [0, 0.1) is 0 Å². The fraction of sp³-hybridized carbons (Fsp3) is 0.429. The van der Waals surface area contributed by atoms with Gasteiger partial charge in [0, 0.05) is 5.38 Å². The SMILES string of the molecule is CON=C(C(=O)N[C@@H]1C(=O)N2[C@@H]1S[C@@H]1CC(=O)O[C@@]12C(=O)O)c1csc(N)n1. The molecule has 148 valence electrons. The maximum absolute atomic E-state index is 12.6. The Labute approximate surface area is 165 Å². The van der Waals surface area contributed by atoms with Gasteiger partial charge in [0.05, 0.1) is 11.7 Å². The smallest absolute Gasteiger partial charge is 0.371 e. The lowest BCUT2D eigenvalue weighted by atomic mass is 9.98. The molecule has 3 fully saturated rings. The number of amides is 2. The van der Waals surface area contributed by atoms with Gasteiger partial charge in [-0.15, -0.1) is 23.1 Å². The number of rotatable bonds is 5. The molecule has 1 aromatic rings. The first-order chi connectivity index (χ1) is 13.3. The molecule has 4 rings (SSSR count). The van der Waals surface area contributed by atoms with E-state index in [1.807, 2.05) is 0 Å². The fourth-order valence-electron chi connectivity index (χ4n) is 3.36. The van der Waals surface area contributed by atoms with Crippen LogP contribution >= 0.6 is 23.1 Å². The number of anilines is 1. The van der Waals surface area contributed by atoms with Crippen LogP contribution in [0.1, 0.15) is 12.1 Å². The number of thiazole rings is 1. The third-order valence-electron chi connectivity index (χ3n) is 4.52. The quantitative estimate of drug-likeness (QED) is 0.219. The number of carbonyl (C=O) groups is 4. The molecule has 4 N–H and O–H groups in total. The van der Waals surface area contributed by atoms with Crippen molar-refractivity contribution in [2.24, 2.45) is 5.16 Å². The van der Waals surface area contributed by atoms with Crippen molar-refractivity contribution >= 4 is 57.7 Å². The highest BCUT2D eigenvalue weighted by Crippen LogP contribution is 2.55. The van der Waals surface area contributed by atoms with Crippen LogP contribution in [-0.4, -0.2) is 74.0 Å². The zero-order chi connectivity index (χ0) is 20.2. The molecule has 0 aromatic carbocycles. The van der Waals surface area contributed by atoms with Crippen LogP contribution in [-0.2, 0) is 28.8 Å². The number of ether oxygens (including phenoxy) is 1. The fourth-order valence-corrected chi connectivity index (χ4v) is 5.65. The normalized spacial score (nSPS) is 31.0. The van der Waals surface area contributed by atoms with Gasteiger partial charge in [-0.1, -0.05) is 5.16 Å². The second kappa shape index (κ2) is 6.34. The van der Waals surface area contributed by atoms with Crippen molar-refractivity contribution in [3.05, 3.63) is 11.1 Å². The van der Waals surface area contributed by atoms with E-state index in [4.69, 9.17) is 10.5 Å². The Morgan fingerprint density at radius 1 is 1.54 bits per heavy atom. The molecule has 3 aliphatic heterocycles. The van der Waals surface area contributed by atoms with Crippen molar-refractivity contribution in [3.8, 4) is 0 Å². The van der Waals surface area contributed by atoms with E-state index in [1.54, 1.807) is 0 Å². The minimum atomic E-state index is -2.03. The third-order valence-corrected chi connectivity index (χ3v) is 6.77. The number of aromatic nitrogens is 1. The van der Waals surface area contributed by atoms with E-state index >= 15 is 0 Å². The van der Waals surface area contributed by atoms with Crippen molar-refractivity contribution in [3.63, 3.8) is 0 Å². The summed E-state index contributed by atoms with van der Waals surface area (Å²) in [7, 11) is 1.25. The van der Waals surface area contributed by atoms with Crippen LogP contribution < -0.4 is 11.1 Å². The predicted octanol–water partition coefficient (Wildman–Crippen LogP) is -1.43. The van der Waals surface area contributed by atoms with Crippen molar-refractivity contribution < 1.29 is 33.9 Å². The molecule has 3 aliphatic rings. The lowest BCUT2D eigenvalue weighted by Crippen LogP contribution is -2.75. The second-order valence-corrected chi connectivity index (χ2v) is 8.26. The van der Waals surface area contributed by atoms with Gasteiger partial charge in [0.25, 0.3) is 17.5 Å². The number of oxime groups is 1. The molecule has 3 saturated heterocycles. The number of carboxylic acids is 1. The summed E-state index contributed by atoms with van der Waals surface area (Å²) in [5.41, 5.74) is 3.54. The number of fused-ring (bicyclic) bond motifs is 3. The Hall–Kier alpha value is -2.87. The summed E-state index contributed by atoms with van der Waals surface area (Å²) in [5, 5.41) is 16.0. The predicted molar refractivity (Wildman–Crippen MR) is 95.1 cm³/mol. The highest BCUT2D eigenvalue weighted by molar-refractivity contribution is 8.01. The van der Waals surface area contributed by atoms with Gasteiger partial charge in [0.15, 0.2) is 10.8 Å². The summed E-state index contributed by atoms with van der Waals surface area (Å²) in [4.78, 5) is 58.2. The Morgan fingerprint density at radius 3 is 2.89 bits per heavy atom. The van der Waals surface area contributed by atoms with Crippen molar-refractivity contribution in [2.45, 2.75) is 28.8 Å². The van der Waals surface area contributed by atoms with Crippen LogP contribution in [0.5, 0.6) is 0 Å². The number of nitrogens with zero attached hydrogens (tertiary/aromatic N) is 3. The molecule has 14 heteroatoms. The first kappa shape index (κ1) is 18.5. The molecule has 0 radical (unpaired) electrons. The van der Waals surface area contributed by atoms with E-state index in [9.17, 15) is 24.3 Å². The lowest BCUT2D eigenvalue weighted by Gasteiger charge is -2.46. The highest BCUT2D eigenvalue weighted by atomic mass is 32.2. The topological polar surface area (TPSA) is 174 Å². The Bertz CT molecular complexity index is 933. The Morgan fingerprint density at radius 2 is 2.29 bits per heavy atom. The molecule has 4 heterocycles. The van der Waals surface area contributed by atoms with E-state index in [2.05, 4.69) is 20.3 Å². The van der Waals surface area contributed by atoms with Gasteiger partial charge < -0.3 is 25.7 Å². The summed E-state index contributed by atoms with van der Waals surface area (Å²) in [6, 6.07) is -1.00. The number of esters is 1. The summed E-state index contributed by atoms with van der Waals surface area (Å²) in [6.45, 7) is 0. The zero-order valence-corrected chi connectivity index (χ0v) is 15.8. The van der Waals surface area contributed by atoms with Gasteiger partial charge in [-0.2, -0.15) is 0 Å². The standard InChI is InChI=1S/C14H13N5O7S2/c1-25-18-7(4-3-27-13(15)16-4)9(21)17-8-10(22)19-11(8)28-5-2-6(20)26-14(5,19)12(23)24/h3,5,8,11H,2H2,1H3,(H2,15,16)(H,17,21)(H,23,24)/t5-,8-,11-,14-/m1/s1. The molecule has 2 amide bonds. The molecule has 12 nitrogen and oxygen atoms in total. The maximum atomic E-state index is 12.6. The second-order valence-electron chi connectivity index (χ2n) is 6.05. The number of hydrogen-bond donors (Lipinski definition) is 3. The van der Waals surface area contributed by atoms with Crippen molar-refractivity contribution in [1.82, 2.24) is 15.2 Å². The van der Waals surface area contributed by atoms with Crippen molar-refractivity contribution in [1.29, 1.82) is 0 Å². The van der Waals surface area contributed by atoms with E-state index < -0.39 is 46.1 Å². The van der Waals surface area contributed by atoms with E-state index in [0.717, 1.165) is 28.0 Å². The van der Waals surface area contributed by atoms with Crippen LogP contribution in [0.4, 0.5) is 5.13 Å². The minimum Gasteiger partial charge on any atom is -0.477 e. The van der Waals surface area contributed by atoms with Gasteiger partial charge >= 0.3 is 11.9 Å². The first-order valence-corrected chi connectivity index (χ1v) is 9.69. The summed E-state index contributed by atoms with van der Waals surface area (Å²) in [6.07, 6.45) is -0.133. The number of carbonyl (C=O) groups excluding carboxylic acids is 3. The van der Waals surface area contributed by atoms with Crippen LogP contribution in [0.15, 0.2) is 10.5 Å². The van der Waals surface area contributed by atoms with Gasteiger partial charge in [0.1, 0.15) is 24.2 Å². The Balaban J connectivity index is 1.54. The number of β-lactam (4-membered cyclic amide) rings is 1. The number of carboxylic acid groups (broad SMARTS) is 1. The zero-order valence-electron chi connectivity index (χ0n) is 14.1. The van der Waals surface area contributed by atoms with Crippen LogP contribution in [0.25, 0.3) is 0 Å². The lowest BCUT2D eigenvalue weighted by molar-refractivity contribution is -0.204. The average molecular weight is 427 g/mol. The number of nitrogens with two attached hydrogens (primary N) is 1. The third kappa shape index (κ3) is 2.44. The molecule has 0 unspecified atom stereocenters. The van der Waals surface area contributed by atoms with Crippen LogP contribution in [0.2, 0.25) is 0 Å². The number of thioether (sulfide) groups is 1. The first-order valence-electron chi connectivity index (χ1n) is 7.87. The number of hydrogen-bond acceptors (Lipinski definition) is 11. The average Bonchev–Trinajstić information content (AvgIpc) is 3.27. The van der Waals surface area contributed by atoms with Crippen molar-refractivity contribution in [2.75, 3.05) is 12.8 Å². The molecule has 0 bridgehead atoms. The number of nitrogen functional groups attached to an aromatic ring is 1. The summed E-state index contributed by atoms with van der Waals surface area (Å²) >= 11 is 2.20. The summed E-state index contributed by atoms with van der Waals surface area (Å²) in [5.74, 6) is -3.51. The van der Waals surface area contributed by atoms with E-state index in [-0.39, 0.29) is 23.0 Å². The van der Waals surface area contributed by atoms with Gasteiger partial charge in [-0.05, 0) is 0 Å². The highest BCUT2D eigenvalue weighted by Gasteiger charge is 2.75. The molecule has 0 saturated carbocycles. The van der Waals surface area contributed by atoms with Gasteiger partial charge in [-0.25, -0.2) is 9.78 Å².